The minimum absolute atomic E-state index is 0.268. The van der Waals surface area contributed by atoms with Gasteiger partial charge in [-0.15, -0.1) is 0 Å². The van der Waals surface area contributed by atoms with Gasteiger partial charge in [0.05, 0.1) is 37.0 Å². The number of pyridine rings is 1. The van der Waals surface area contributed by atoms with Crippen molar-refractivity contribution in [3.05, 3.63) is 42.1 Å². The highest BCUT2D eigenvalue weighted by atomic mass is 16.5. The van der Waals surface area contributed by atoms with Crippen molar-refractivity contribution < 1.29 is 9.53 Å². The Labute approximate surface area is 128 Å². The van der Waals surface area contributed by atoms with E-state index in [0.29, 0.717) is 5.82 Å². The normalized spacial score (nSPS) is 14.7. The Kier molecular flexibility index (Phi) is 4.24. The van der Waals surface area contributed by atoms with Gasteiger partial charge in [0.25, 0.3) is 5.91 Å². The molecule has 1 N–H and O–H groups in total. The van der Waals surface area contributed by atoms with Crippen LogP contribution in [0.15, 0.2) is 30.7 Å². The largest absolute Gasteiger partial charge is 0.378 e. The average Bonchev–Trinajstić information content (AvgIpc) is 2.57. The molecule has 3 rings (SSSR count). The molecule has 7 nitrogen and oxygen atoms in total. The van der Waals surface area contributed by atoms with E-state index in [9.17, 15) is 4.79 Å². The number of carbonyl (C=O) groups is 1. The number of hydrogen-bond donors (Lipinski definition) is 1. The third-order valence-corrected chi connectivity index (χ3v) is 3.38. The molecule has 0 spiro atoms. The Bertz CT molecular complexity index is 636. The van der Waals surface area contributed by atoms with Gasteiger partial charge in [0.1, 0.15) is 11.5 Å². The molecule has 1 aliphatic rings. The van der Waals surface area contributed by atoms with Crippen LogP contribution in [0.3, 0.4) is 0 Å². The molecule has 1 fully saturated rings. The Morgan fingerprint density at radius 3 is 2.59 bits per heavy atom. The molecule has 2 aromatic heterocycles. The van der Waals surface area contributed by atoms with E-state index < -0.39 is 0 Å². The highest BCUT2D eigenvalue weighted by molar-refractivity contribution is 6.02. The summed E-state index contributed by atoms with van der Waals surface area (Å²) in [5.74, 6) is 0.170. The van der Waals surface area contributed by atoms with Crippen LogP contribution in [-0.2, 0) is 4.74 Å². The first-order chi connectivity index (χ1) is 10.7. The first kappa shape index (κ1) is 14.4. The predicted molar refractivity (Wildman–Crippen MR) is 82.0 cm³/mol. The van der Waals surface area contributed by atoms with Crippen molar-refractivity contribution >= 4 is 17.4 Å². The maximum absolute atomic E-state index is 12.0. The van der Waals surface area contributed by atoms with Crippen LogP contribution in [0.4, 0.5) is 11.5 Å². The fourth-order valence-corrected chi connectivity index (χ4v) is 2.16. The van der Waals surface area contributed by atoms with Crippen LogP contribution < -0.4 is 10.2 Å². The lowest BCUT2D eigenvalue weighted by atomic mass is 10.3. The number of carbonyl (C=O) groups excluding carboxylic acids is 1. The van der Waals surface area contributed by atoms with Gasteiger partial charge in [-0.1, -0.05) is 0 Å². The maximum Gasteiger partial charge on any atom is 0.277 e. The Balaban J connectivity index is 1.65. The van der Waals surface area contributed by atoms with Crippen molar-refractivity contribution in [2.75, 3.05) is 36.5 Å². The van der Waals surface area contributed by atoms with E-state index in [1.165, 1.54) is 6.20 Å². The van der Waals surface area contributed by atoms with Crippen LogP contribution in [0.2, 0.25) is 0 Å². The van der Waals surface area contributed by atoms with Crippen LogP contribution in [0.5, 0.6) is 0 Å². The molecule has 0 bridgehead atoms. The van der Waals surface area contributed by atoms with Crippen molar-refractivity contribution in [2.45, 2.75) is 6.92 Å². The first-order valence-electron chi connectivity index (χ1n) is 7.11. The molecule has 0 aromatic carbocycles. The first-order valence-corrected chi connectivity index (χ1v) is 7.11. The molecule has 1 amide bonds. The van der Waals surface area contributed by atoms with Crippen molar-refractivity contribution in [2.24, 2.45) is 0 Å². The van der Waals surface area contributed by atoms with Gasteiger partial charge in [0, 0.05) is 19.3 Å². The summed E-state index contributed by atoms with van der Waals surface area (Å²) < 4.78 is 5.32. The summed E-state index contributed by atoms with van der Waals surface area (Å²) in [4.78, 5) is 26.6. The minimum Gasteiger partial charge on any atom is -0.378 e. The van der Waals surface area contributed by atoms with Gasteiger partial charge in [0.2, 0.25) is 0 Å². The SMILES string of the molecule is Cc1cnc(C(=O)Nc2ccc(N3CCOCC3)cn2)cn1. The summed E-state index contributed by atoms with van der Waals surface area (Å²) in [7, 11) is 0. The van der Waals surface area contributed by atoms with Crippen molar-refractivity contribution in [3.8, 4) is 0 Å². The van der Waals surface area contributed by atoms with Gasteiger partial charge in [-0.25, -0.2) is 9.97 Å². The van der Waals surface area contributed by atoms with Gasteiger partial charge >= 0.3 is 0 Å². The van der Waals surface area contributed by atoms with E-state index in [2.05, 4.69) is 25.2 Å². The highest BCUT2D eigenvalue weighted by Gasteiger charge is 2.12. The number of morpholine rings is 1. The van der Waals surface area contributed by atoms with Crippen molar-refractivity contribution in [1.29, 1.82) is 0 Å². The second-order valence-corrected chi connectivity index (χ2v) is 5.00. The molecule has 0 unspecified atom stereocenters. The van der Waals surface area contributed by atoms with Gasteiger partial charge in [-0.3, -0.25) is 9.78 Å². The molecule has 7 heteroatoms. The molecule has 114 valence electrons. The van der Waals surface area contributed by atoms with Crippen molar-refractivity contribution in [3.63, 3.8) is 0 Å². The molecule has 1 saturated heterocycles. The van der Waals surface area contributed by atoms with E-state index in [4.69, 9.17) is 4.74 Å². The molecule has 0 radical (unpaired) electrons. The molecule has 2 aromatic rings. The third-order valence-electron chi connectivity index (χ3n) is 3.38. The number of amides is 1. The zero-order chi connectivity index (χ0) is 15.4. The number of nitrogens with one attached hydrogen (secondary N) is 1. The standard InChI is InChI=1S/C15H17N5O2/c1-11-8-17-13(10-16-11)15(21)19-14-3-2-12(9-18-14)20-4-6-22-7-5-20/h2-3,8-10H,4-7H2,1H3,(H,18,19,21). The minimum atomic E-state index is -0.320. The zero-order valence-corrected chi connectivity index (χ0v) is 12.3. The molecule has 0 saturated carbocycles. The van der Waals surface area contributed by atoms with E-state index in [1.54, 1.807) is 18.5 Å². The molecule has 3 heterocycles. The monoisotopic (exact) mass is 299 g/mol. The van der Waals surface area contributed by atoms with Crippen LogP contribution in [0, 0.1) is 6.92 Å². The Morgan fingerprint density at radius 2 is 1.95 bits per heavy atom. The Morgan fingerprint density at radius 1 is 1.14 bits per heavy atom. The summed E-state index contributed by atoms with van der Waals surface area (Å²) in [6, 6.07) is 3.72. The number of rotatable bonds is 3. The molecule has 0 atom stereocenters. The summed E-state index contributed by atoms with van der Waals surface area (Å²) in [6.07, 6.45) is 4.76. The van der Waals surface area contributed by atoms with Crippen LogP contribution in [-0.4, -0.2) is 47.2 Å². The van der Waals surface area contributed by atoms with Gasteiger partial charge < -0.3 is 15.0 Å². The molecular weight excluding hydrogens is 282 g/mol. The van der Waals surface area contributed by atoms with Crippen LogP contribution in [0.1, 0.15) is 16.2 Å². The summed E-state index contributed by atoms with van der Waals surface area (Å²) in [6.45, 7) is 4.98. The van der Waals surface area contributed by atoms with Crippen LogP contribution in [0.25, 0.3) is 0 Å². The maximum atomic E-state index is 12.0. The van der Waals surface area contributed by atoms with E-state index in [1.807, 2.05) is 13.0 Å². The van der Waals surface area contributed by atoms with Crippen LogP contribution >= 0.6 is 0 Å². The van der Waals surface area contributed by atoms with E-state index >= 15 is 0 Å². The lowest BCUT2D eigenvalue weighted by molar-refractivity contribution is 0.102. The number of hydrogen-bond acceptors (Lipinski definition) is 6. The molecule has 0 aliphatic carbocycles. The molecule has 1 aliphatic heterocycles. The van der Waals surface area contributed by atoms with Gasteiger partial charge in [-0.05, 0) is 19.1 Å². The third kappa shape index (κ3) is 3.37. The second-order valence-electron chi connectivity index (χ2n) is 5.00. The zero-order valence-electron chi connectivity index (χ0n) is 12.3. The highest BCUT2D eigenvalue weighted by Crippen LogP contribution is 2.16. The summed E-state index contributed by atoms with van der Waals surface area (Å²) >= 11 is 0. The van der Waals surface area contributed by atoms with Gasteiger partial charge in [-0.2, -0.15) is 0 Å². The Hall–Kier alpha value is -2.54. The average molecular weight is 299 g/mol. The number of anilines is 2. The lowest BCUT2D eigenvalue weighted by Gasteiger charge is -2.28. The van der Waals surface area contributed by atoms with Crippen molar-refractivity contribution in [1.82, 2.24) is 15.0 Å². The van der Waals surface area contributed by atoms with Gasteiger partial charge in [0.15, 0.2) is 0 Å². The smallest absolute Gasteiger partial charge is 0.277 e. The quantitative estimate of drug-likeness (QED) is 0.919. The summed E-state index contributed by atoms with van der Waals surface area (Å²) in [5.41, 5.74) is 2.06. The lowest BCUT2D eigenvalue weighted by Crippen LogP contribution is -2.36. The summed E-state index contributed by atoms with van der Waals surface area (Å²) in [5, 5.41) is 2.71. The predicted octanol–water partition coefficient (Wildman–Crippen LogP) is 1.27. The topological polar surface area (TPSA) is 80.2 Å². The fourth-order valence-electron chi connectivity index (χ4n) is 2.16. The fraction of sp³-hybridized carbons (Fsp3) is 0.333. The van der Waals surface area contributed by atoms with E-state index in [0.717, 1.165) is 37.7 Å². The molecular formula is C15H17N5O2. The van der Waals surface area contributed by atoms with E-state index in [-0.39, 0.29) is 11.6 Å². The second kappa shape index (κ2) is 6.48. The number of aromatic nitrogens is 3. The molecule has 22 heavy (non-hydrogen) atoms. The number of nitrogens with zero attached hydrogens (tertiary/aromatic N) is 4. The number of ether oxygens (including phenoxy) is 1. The number of aryl methyl sites for hydroxylation is 1.